The van der Waals surface area contributed by atoms with Gasteiger partial charge < -0.3 is 11.1 Å². The Morgan fingerprint density at radius 1 is 1.15 bits per heavy atom. The van der Waals surface area contributed by atoms with Gasteiger partial charge in [0.25, 0.3) is 5.91 Å². The highest BCUT2D eigenvalue weighted by Crippen LogP contribution is 2.22. The highest BCUT2D eigenvalue weighted by molar-refractivity contribution is 6.36. The van der Waals surface area contributed by atoms with Gasteiger partial charge in [0.05, 0.1) is 6.42 Å². The molecule has 8 heteroatoms. The largest absolute Gasteiger partial charge is 0.382 e. The third kappa shape index (κ3) is 4.27. The minimum Gasteiger partial charge on any atom is -0.382 e. The monoisotopic (exact) mass is 381 g/mol. The molecule has 7 nitrogen and oxygen atoms in total. The number of amides is 1. The van der Waals surface area contributed by atoms with Crippen molar-refractivity contribution in [2.75, 3.05) is 11.1 Å². The van der Waals surface area contributed by atoms with Crippen molar-refractivity contribution in [2.24, 2.45) is 0 Å². The van der Waals surface area contributed by atoms with Crippen LogP contribution in [0.4, 0.5) is 11.5 Å². The molecule has 27 heavy (non-hydrogen) atoms. The lowest BCUT2D eigenvalue weighted by Crippen LogP contribution is -2.17. The minimum absolute atomic E-state index is 0.0185. The van der Waals surface area contributed by atoms with Gasteiger partial charge in [0.15, 0.2) is 11.5 Å². The molecule has 3 rings (SSSR count). The van der Waals surface area contributed by atoms with Gasteiger partial charge in [0.2, 0.25) is 0 Å². The molecule has 136 valence electrons. The van der Waals surface area contributed by atoms with Gasteiger partial charge in [0, 0.05) is 23.1 Å². The summed E-state index contributed by atoms with van der Waals surface area (Å²) in [6, 6.07) is 10.5. The first kappa shape index (κ1) is 18.5. The second kappa shape index (κ2) is 7.92. The molecule has 0 saturated carbocycles. The fraction of sp³-hybridized carbons (Fsp3) is 0.105. The number of rotatable bonds is 5. The number of anilines is 2. The molecule has 1 aromatic carbocycles. The van der Waals surface area contributed by atoms with E-state index in [9.17, 15) is 9.59 Å². The number of nitrogen functional groups attached to an aromatic ring is 1. The Morgan fingerprint density at radius 3 is 2.70 bits per heavy atom. The molecule has 0 unspecified atom stereocenters. The van der Waals surface area contributed by atoms with E-state index in [1.54, 1.807) is 36.5 Å². The van der Waals surface area contributed by atoms with Crippen molar-refractivity contribution < 1.29 is 9.59 Å². The van der Waals surface area contributed by atoms with Crippen LogP contribution in [0, 0.1) is 6.92 Å². The summed E-state index contributed by atoms with van der Waals surface area (Å²) >= 11 is 5.99. The van der Waals surface area contributed by atoms with Crippen molar-refractivity contribution in [3.8, 4) is 0 Å². The molecular weight excluding hydrogens is 366 g/mol. The fourth-order valence-electron chi connectivity index (χ4n) is 2.42. The van der Waals surface area contributed by atoms with Crippen molar-refractivity contribution in [3.05, 3.63) is 76.5 Å². The molecule has 0 aliphatic rings. The van der Waals surface area contributed by atoms with Crippen molar-refractivity contribution in [3.63, 3.8) is 0 Å². The number of benzene rings is 1. The summed E-state index contributed by atoms with van der Waals surface area (Å²) in [5, 5.41) is 2.70. The second-order valence-corrected chi connectivity index (χ2v) is 6.20. The molecule has 0 spiro atoms. The number of pyridine rings is 1. The molecule has 2 heterocycles. The van der Waals surface area contributed by atoms with Crippen LogP contribution < -0.4 is 11.1 Å². The van der Waals surface area contributed by atoms with Gasteiger partial charge in [-0.2, -0.15) is 0 Å². The number of Topliss-reactive ketones (excluding diaryl/α,β-unsaturated/α-hetero) is 1. The fourth-order valence-corrected chi connectivity index (χ4v) is 2.61. The Morgan fingerprint density at radius 2 is 1.96 bits per heavy atom. The Balaban J connectivity index is 1.82. The number of ketones is 1. The van der Waals surface area contributed by atoms with Gasteiger partial charge in [-0.15, -0.1) is 0 Å². The molecule has 0 aliphatic carbocycles. The van der Waals surface area contributed by atoms with E-state index in [4.69, 9.17) is 17.3 Å². The lowest BCUT2D eigenvalue weighted by molar-refractivity contribution is 0.0988. The maximum absolute atomic E-state index is 12.5. The molecule has 3 aromatic rings. The number of aromatic nitrogens is 3. The van der Waals surface area contributed by atoms with Crippen LogP contribution >= 0.6 is 11.6 Å². The first-order valence-electron chi connectivity index (χ1n) is 8.07. The van der Waals surface area contributed by atoms with E-state index < -0.39 is 5.91 Å². The summed E-state index contributed by atoms with van der Waals surface area (Å²) in [7, 11) is 0. The van der Waals surface area contributed by atoms with Gasteiger partial charge in [0.1, 0.15) is 17.2 Å². The molecule has 0 atom stereocenters. The normalized spacial score (nSPS) is 10.4. The van der Waals surface area contributed by atoms with Crippen LogP contribution in [-0.4, -0.2) is 26.6 Å². The molecule has 0 bridgehead atoms. The van der Waals surface area contributed by atoms with Gasteiger partial charge in [-0.1, -0.05) is 29.8 Å². The van der Waals surface area contributed by atoms with Crippen molar-refractivity contribution in [1.29, 1.82) is 0 Å². The Bertz CT molecular complexity index is 1010. The highest BCUT2D eigenvalue weighted by Gasteiger charge is 2.17. The lowest BCUT2D eigenvalue weighted by Gasteiger charge is -2.11. The smallest absolute Gasteiger partial charge is 0.276 e. The van der Waals surface area contributed by atoms with Crippen LogP contribution in [0.25, 0.3) is 0 Å². The summed E-state index contributed by atoms with van der Waals surface area (Å²) in [5.41, 5.74) is 7.99. The maximum atomic E-state index is 12.5. The third-order valence-corrected chi connectivity index (χ3v) is 4.28. The van der Waals surface area contributed by atoms with E-state index >= 15 is 0 Å². The van der Waals surface area contributed by atoms with Crippen LogP contribution in [0.3, 0.4) is 0 Å². The van der Waals surface area contributed by atoms with Crippen molar-refractivity contribution in [2.45, 2.75) is 13.3 Å². The summed E-state index contributed by atoms with van der Waals surface area (Å²) in [4.78, 5) is 36.8. The third-order valence-electron chi connectivity index (χ3n) is 3.91. The van der Waals surface area contributed by atoms with Gasteiger partial charge in [-0.05, 0) is 30.7 Å². The molecule has 0 radical (unpaired) electrons. The Hall–Kier alpha value is -3.32. The van der Waals surface area contributed by atoms with Crippen molar-refractivity contribution >= 4 is 34.8 Å². The molecule has 2 aromatic heterocycles. The number of nitrogens with zero attached hydrogens (tertiary/aromatic N) is 3. The van der Waals surface area contributed by atoms with E-state index in [1.807, 2.05) is 13.0 Å². The van der Waals surface area contributed by atoms with E-state index in [0.717, 1.165) is 11.9 Å². The van der Waals surface area contributed by atoms with Crippen LogP contribution in [0.2, 0.25) is 5.02 Å². The Labute approximate surface area is 160 Å². The molecule has 0 aliphatic heterocycles. The van der Waals surface area contributed by atoms with E-state index in [-0.39, 0.29) is 28.7 Å². The number of hydrogen-bond acceptors (Lipinski definition) is 6. The van der Waals surface area contributed by atoms with Crippen LogP contribution in [0.1, 0.15) is 32.1 Å². The number of nitrogens with two attached hydrogens (primary N) is 1. The molecule has 3 N–H and O–H groups in total. The quantitative estimate of drug-likeness (QED) is 0.657. The standard InChI is InChI=1S/C19H16ClN5O2/c1-11-5-6-12(15(26)9-13-4-2-3-7-22-13)8-14(11)25-19(27)17-16(20)18(21)24-10-23-17/h2-8,10H,9H2,1H3,(H,25,27)(H2,21,23,24). The summed E-state index contributed by atoms with van der Waals surface area (Å²) in [6.45, 7) is 1.82. The van der Waals surface area contributed by atoms with Gasteiger partial charge >= 0.3 is 0 Å². The highest BCUT2D eigenvalue weighted by atomic mass is 35.5. The minimum atomic E-state index is -0.536. The topological polar surface area (TPSA) is 111 Å². The molecule has 1 amide bonds. The average molecular weight is 382 g/mol. The van der Waals surface area contributed by atoms with Gasteiger partial charge in [-0.3, -0.25) is 14.6 Å². The number of aryl methyl sites for hydroxylation is 1. The SMILES string of the molecule is Cc1ccc(C(=O)Cc2ccccn2)cc1NC(=O)c1ncnc(N)c1Cl. The predicted octanol–water partition coefficient (Wildman–Crippen LogP) is 3.09. The van der Waals surface area contributed by atoms with E-state index in [2.05, 4.69) is 20.3 Å². The Kier molecular flexibility index (Phi) is 5.42. The van der Waals surface area contributed by atoms with Crippen LogP contribution in [0.15, 0.2) is 48.9 Å². The maximum Gasteiger partial charge on any atom is 0.276 e. The molecule has 0 fully saturated rings. The van der Waals surface area contributed by atoms with Crippen LogP contribution in [0.5, 0.6) is 0 Å². The molecular formula is C19H16ClN5O2. The number of nitrogens with one attached hydrogen (secondary N) is 1. The number of carbonyl (C=O) groups is 2. The first-order chi connectivity index (χ1) is 13.0. The zero-order valence-corrected chi connectivity index (χ0v) is 15.2. The number of carbonyl (C=O) groups excluding carboxylic acids is 2. The van der Waals surface area contributed by atoms with E-state index in [0.29, 0.717) is 16.9 Å². The zero-order valence-electron chi connectivity index (χ0n) is 14.4. The average Bonchev–Trinajstić information content (AvgIpc) is 2.66. The summed E-state index contributed by atoms with van der Waals surface area (Å²) in [5.74, 6) is -0.618. The summed E-state index contributed by atoms with van der Waals surface area (Å²) < 4.78 is 0. The lowest BCUT2D eigenvalue weighted by atomic mass is 10.0. The zero-order chi connectivity index (χ0) is 19.4. The number of halogens is 1. The predicted molar refractivity (Wildman–Crippen MR) is 103 cm³/mol. The summed E-state index contributed by atoms with van der Waals surface area (Å²) in [6.07, 6.45) is 2.97. The number of hydrogen-bond donors (Lipinski definition) is 2. The molecule has 0 saturated heterocycles. The van der Waals surface area contributed by atoms with Crippen molar-refractivity contribution in [1.82, 2.24) is 15.0 Å². The second-order valence-electron chi connectivity index (χ2n) is 5.83. The van der Waals surface area contributed by atoms with Crippen LogP contribution in [-0.2, 0) is 6.42 Å². The van der Waals surface area contributed by atoms with E-state index in [1.165, 1.54) is 0 Å². The first-order valence-corrected chi connectivity index (χ1v) is 8.44. The van der Waals surface area contributed by atoms with Gasteiger partial charge in [-0.25, -0.2) is 9.97 Å².